The molecule has 9 nitrogen and oxygen atoms in total. The summed E-state index contributed by atoms with van der Waals surface area (Å²) in [4.78, 5) is 23.9. The number of hydrogen-bond donors (Lipinski definition) is 1. The van der Waals surface area contributed by atoms with Crippen molar-refractivity contribution in [2.75, 3.05) is 19.0 Å². The Kier molecular flexibility index (Phi) is 5.18. The summed E-state index contributed by atoms with van der Waals surface area (Å²) in [6.07, 6.45) is 1.44. The first kappa shape index (κ1) is 17.1. The summed E-state index contributed by atoms with van der Waals surface area (Å²) in [5, 5.41) is 13.5. The monoisotopic (exact) mass is 353 g/mol. The van der Waals surface area contributed by atoms with Gasteiger partial charge in [0.1, 0.15) is 12.1 Å². The Bertz CT molecular complexity index is 894. The topological polar surface area (TPSA) is 108 Å². The number of esters is 1. The van der Waals surface area contributed by atoms with Crippen LogP contribution in [0.4, 0.5) is 5.69 Å². The summed E-state index contributed by atoms with van der Waals surface area (Å²) in [5.41, 5.74) is 1.56. The van der Waals surface area contributed by atoms with Crippen LogP contribution in [0.5, 0.6) is 5.75 Å². The van der Waals surface area contributed by atoms with Gasteiger partial charge in [-0.15, -0.1) is 5.10 Å². The first-order chi connectivity index (χ1) is 12.7. The normalized spacial score (nSPS) is 10.2. The minimum absolute atomic E-state index is 0.316. The molecule has 132 valence electrons. The molecule has 0 aliphatic carbocycles. The highest BCUT2D eigenvalue weighted by Gasteiger charge is 2.11. The van der Waals surface area contributed by atoms with Gasteiger partial charge in [0.2, 0.25) is 0 Å². The molecule has 0 saturated carbocycles. The molecule has 1 N–H and O–H groups in total. The number of tetrazole rings is 1. The molecule has 3 aromatic rings. The van der Waals surface area contributed by atoms with Crippen molar-refractivity contribution in [3.8, 4) is 11.4 Å². The second kappa shape index (κ2) is 7.88. The summed E-state index contributed by atoms with van der Waals surface area (Å²) >= 11 is 0. The summed E-state index contributed by atoms with van der Waals surface area (Å²) < 4.78 is 11.6. The summed E-state index contributed by atoms with van der Waals surface area (Å²) in [6.45, 7) is -0.398. The lowest BCUT2D eigenvalue weighted by Crippen LogP contribution is -2.20. The second-order valence-electron chi connectivity index (χ2n) is 5.16. The molecular weight excluding hydrogens is 338 g/mol. The van der Waals surface area contributed by atoms with Crippen molar-refractivity contribution in [3.63, 3.8) is 0 Å². The summed E-state index contributed by atoms with van der Waals surface area (Å²) in [5.74, 6) is -0.437. The van der Waals surface area contributed by atoms with Crippen LogP contribution >= 0.6 is 0 Å². The van der Waals surface area contributed by atoms with Crippen molar-refractivity contribution < 1.29 is 19.1 Å². The van der Waals surface area contributed by atoms with Crippen LogP contribution in [0.25, 0.3) is 5.69 Å². The fourth-order valence-corrected chi connectivity index (χ4v) is 2.14. The number of ether oxygens (including phenoxy) is 2. The second-order valence-corrected chi connectivity index (χ2v) is 5.16. The highest BCUT2D eigenvalue weighted by Crippen LogP contribution is 2.16. The van der Waals surface area contributed by atoms with Crippen LogP contribution in [0.15, 0.2) is 54.9 Å². The zero-order chi connectivity index (χ0) is 18.4. The Morgan fingerprint density at radius 3 is 2.65 bits per heavy atom. The minimum Gasteiger partial charge on any atom is -0.497 e. The van der Waals surface area contributed by atoms with E-state index in [1.165, 1.54) is 18.1 Å². The van der Waals surface area contributed by atoms with E-state index in [1.807, 2.05) is 0 Å². The molecule has 3 rings (SSSR count). The molecule has 2 aromatic carbocycles. The molecule has 0 radical (unpaired) electrons. The third-order valence-electron chi connectivity index (χ3n) is 3.40. The van der Waals surface area contributed by atoms with Gasteiger partial charge in [0, 0.05) is 11.8 Å². The van der Waals surface area contributed by atoms with Gasteiger partial charge in [-0.1, -0.05) is 6.07 Å². The minimum atomic E-state index is -0.603. The molecule has 0 aliphatic heterocycles. The number of amides is 1. The van der Waals surface area contributed by atoms with Gasteiger partial charge in [-0.25, -0.2) is 9.48 Å². The van der Waals surface area contributed by atoms with Crippen molar-refractivity contribution in [2.45, 2.75) is 0 Å². The Morgan fingerprint density at radius 2 is 1.96 bits per heavy atom. The number of methoxy groups -OCH3 is 1. The summed E-state index contributed by atoms with van der Waals surface area (Å²) in [7, 11) is 1.54. The van der Waals surface area contributed by atoms with Gasteiger partial charge in [-0.05, 0) is 46.8 Å². The molecular formula is C17H15N5O4. The SMILES string of the molecule is COc1cccc(NC(=O)COC(=O)c2ccc(-n3cnnn3)cc2)c1. The number of anilines is 1. The molecule has 0 atom stereocenters. The Hall–Kier alpha value is -3.75. The molecule has 0 aliphatic rings. The van der Waals surface area contributed by atoms with Crippen LogP contribution in [0.2, 0.25) is 0 Å². The van der Waals surface area contributed by atoms with E-state index in [0.29, 0.717) is 22.7 Å². The molecule has 0 fully saturated rings. The lowest BCUT2D eigenvalue weighted by atomic mass is 10.2. The maximum absolute atomic E-state index is 12.0. The molecule has 0 unspecified atom stereocenters. The van der Waals surface area contributed by atoms with Crippen molar-refractivity contribution in [2.24, 2.45) is 0 Å². The van der Waals surface area contributed by atoms with Crippen molar-refractivity contribution in [1.29, 1.82) is 0 Å². The summed E-state index contributed by atoms with van der Waals surface area (Å²) in [6, 6.07) is 13.4. The highest BCUT2D eigenvalue weighted by atomic mass is 16.5. The lowest BCUT2D eigenvalue weighted by molar-refractivity contribution is -0.119. The number of hydrogen-bond acceptors (Lipinski definition) is 7. The number of rotatable bonds is 6. The van der Waals surface area contributed by atoms with E-state index in [0.717, 1.165) is 0 Å². The molecule has 0 saturated heterocycles. The first-order valence-corrected chi connectivity index (χ1v) is 7.60. The number of carbonyl (C=O) groups excluding carboxylic acids is 2. The van der Waals surface area contributed by atoms with Gasteiger partial charge < -0.3 is 14.8 Å². The lowest BCUT2D eigenvalue weighted by Gasteiger charge is -2.08. The Morgan fingerprint density at radius 1 is 1.15 bits per heavy atom. The van der Waals surface area contributed by atoms with Crippen LogP contribution < -0.4 is 10.1 Å². The molecule has 0 spiro atoms. The Labute approximate surface area is 148 Å². The molecule has 1 heterocycles. The van der Waals surface area contributed by atoms with E-state index in [4.69, 9.17) is 9.47 Å². The molecule has 1 amide bonds. The predicted molar refractivity (Wildman–Crippen MR) is 91.1 cm³/mol. The largest absolute Gasteiger partial charge is 0.497 e. The van der Waals surface area contributed by atoms with Gasteiger partial charge in [0.05, 0.1) is 18.4 Å². The van der Waals surface area contributed by atoms with Crippen molar-refractivity contribution >= 4 is 17.6 Å². The Balaban J connectivity index is 1.53. The standard InChI is InChI=1S/C17H15N5O4/c1-25-15-4-2-3-13(9-15)19-16(23)10-26-17(24)12-5-7-14(8-6-12)22-11-18-20-21-22/h2-9,11H,10H2,1H3,(H,19,23). The fraction of sp³-hybridized carbons (Fsp3) is 0.118. The van der Waals surface area contributed by atoms with Crippen LogP contribution in [-0.2, 0) is 9.53 Å². The van der Waals surface area contributed by atoms with Gasteiger partial charge in [0.15, 0.2) is 6.61 Å². The number of benzene rings is 2. The third kappa shape index (κ3) is 4.20. The van der Waals surface area contributed by atoms with E-state index in [1.54, 1.807) is 48.5 Å². The van der Waals surface area contributed by atoms with Crippen LogP contribution in [0.3, 0.4) is 0 Å². The van der Waals surface area contributed by atoms with E-state index < -0.39 is 18.5 Å². The maximum Gasteiger partial charge on any atom is 0.338 e. The smallest absolute Gasteiger partial charge is 0.338 e. The van der Waals surface area contributed by atoms with E-state index >= 15 is 0 Å². The quantitative estimate of drug-likeness (QED) is 0.668. The molecule has 1 aromatic heterocycles. The highest BCUT2D eigenvalue weighted by molar-refractivity contribution is 5.95. The number of carbonyl (C=O) groups is 2. The van der Waals surface area contributed by atoms with Crippen molar-refractivity contribution in [1.82, 2.24) is 20.2 Å². The van der Waals surface area contributed by atoms with Gasteiger partial charge in [-0.3, -0.25) is 4.79 Å². The van der Waals surface area contributed by atoms with Gasteiger partial charge >= 0.3 is 5.97 Å². The average molecular weight is 353 g/mol. The van der Waals surface area contributed by atoms with E-state index in [2.05, 4.69) is 20.8 Å². The number of nitrogens with one attached hydrogen (secondary N) is 1. The van der Waals surface area contributed by atoms with Gasteiger partial charge in [-0.2, -0.15) is 0 Å². The molecule has 0 bridgehead atoms. The zero-order valence-electron chi connectivity index (χ0n) is 13.8. The maximum atomic E-state index is 12.0. The number of nitrogens with zero attached hydrogens (tertiary/aromatic N) is 4. The van der Waals surface area contributed by atoms with Gasteiger partial charge in [0.25, 0.3) is 5.91 Å². The molecule has 9 heteroatoms. The van der Waals surface area contributed by atoms with Crippen LogP contribution in [0, 0.1) is 0 Å². The first-order valence-electron chi connectivity index (χ1n) is 7.60. The fourth-order valence-electron chi connectivity index (χ4n) is 2.14. The van der Waals surface area contributed by atoms with E-state index in [-0.39, 0.29) is 0 Å². The zero-order valence-corrected chi connectivity index (χ0v) is 13.8. The van der Waals surface area contributed by atoms with E-state index in [9.17, 15) is 9.59 Å². The predicted octanol–water partition coefficient (Wildman–Crippen LogP) is 1.47. The number of aromatic nitrogens is 4. The van der Waals surface area contributed by atoms with Crippen molar-refractivity contribution in [3.05, 3.63) is 60.4 Å². The molecule has 26 heavy (non-hydrogen) atoms. The van der Waals surface area contributed by atoms with Crippen LogP contribution in [0.1, 0.15) is 10.4 Å². The van der Waals surface area contributed by atoms with Crippen LogP contribution in [-0.4, -0.2) is 45.8 Å². The average Bonchev–Trinajstić information content (AvgIpc) is 3.21. The third-order valence-corrected chi connectivity index (χ3v) is 3.40.